The fraction of sp³-hybridized carbons (Fsp3) is 0.500. The van der Waals surface area contributed by atoms with Crippen molar-refractivity contribution in [3.8, 4) is 0 Å². The normalized spacial score (nSPS) is 20.8. The summed E-state index contributed by atoms with van der Waals surface area (Å²) in [6.07, 6.45) is 0.671. The molecule has 1 saturated heterocycles. The van der Waals surface area contributed by atoms with E-state index in [0.29, 0.717) is 19.0 Å². The fourth-order valence-corrected chi connectivity index (χ4v) is 3.81. The maximum atomic E-state index is 13.7. The summed E-state index contributed by atoms with van der Waals surface area (Å²) < 4.78 is 52.8. The summed E-state index contributed by atoms with van der Waals surface area (Å²) in [7, 11) is -0.273. The molecular weight excluding hydrogens is 288 g/mol. The van der Waals surface area contributed by atoms with Crippen LogP contribution in [0, 0.1) is 11.6 Å². The average Bonchev–Trinajstić information content (AvgIpc) is 2.83. The molecule has 2 rings (SSSR count). The van der Waals surface area contributed by atoms with Crippen molar-refractivity contribution in [3.05, 3.63) is 23.8 Å². The van der Waals surface area contributed by atoms with Crippen molar-refractivity contribution in [2.75, 3.05) is 32.9 Å². The molecule has 0 amide bonds. The molecule has 1 atom stereocenters. The summed E-state index contributed by atoms with van der Waals surface area (Å²) in [4.78, 5) is 1.35. The number of nitrogens with two attached hydrogens (primary N) is 1. The number of anilines is 1. The lowest BCUT2D eigenvalue weighted by molar-refractivity contribution is 0.302. The third kappa shape index (κ3) is 2.63. The Kier molecular flexibility index (Phi) is 3.99. The Balaban J connectivity index is 2.35. The smallest absolute Gasteiger partial charge is 0.246 e. The number of hydrogen-bond acceptors (Lipinski definition) is 4. The number of nitrogens with zero attached hydrogens (tertiary/aromatic N) is 2. The number of benzene rings is 1. The van der Waals surface area contributed by atoms with Crippen molar-refractivity contribution in [2.24, 2.45) is 0 Å². The summed E-state index contributed by atoms with van der Waals surface area (Å²) >= 11 is 0. The van der Waals surface area contributed by atoms with Gasteiger partial charge >= 0.3 is 0 Å². The average molecular weight is 305 g/mol. The molecule has 112 valence electrons. The van der Waals surface area contributed by atoms with Crippen LogP contribution < -0.4 is 5.73 Å². The minimum atomic E-state index is -3.99. The molecule has 0 saturated carbocycles. The van der Waals surface area contributed by atoms with Gasteiger partial charge in [0.25, 0.3) is 0 Å². The first-order valence-electron chi connectivity index (χ1n) is 6.14. The Labute approximate surface area is 117 Å². The van der Waals surface area contributed by atoms with Crippen molar-refractivity contribution in [3.63, 3.8) is 0 Å². The van der Waals surface area contributed by atoms with Crippen LogP contribution in [-0.4, -0.2) is 50.8 Å². The molecule has 0 radical (unpaired) electrons. The van der Waals surface area contributed by atoms with Gasteiger partial charge in [-0.2, -0.15) is 4.31 Å². The predicted molar refractivity (Wildman–Crippen MR) is 71.6 cm³/mol. The van der Waals surface area contributed by atoms with Gasteiger partial charge in [0.1, 0.15) is 16.5 Å². The predicted octanol–water partition coefficient (Wildman–Crippen LogP) is 0.872. The molecule has 0 bridgehead atoms. The largest absolute Gasteiger partial charge is 0.396 e. The molecule has 2 N–H and O–H groups in total. The minimum Gasteiger partial charge on any atom is -0.396 e. The maximum Gasteiger partial charge on any atom is 0.246 e. The summed E-state index contributed by atoms with van der Waals surface area (Å²) in [6, 6.07) is 1.43. The van der Waals surface area contributed by atoms with Crippen LogP contribution in [0.4, 0.5) is 14.5 Å². The highest BCUT2D eigenvalue weighted by molar-refractivity contribution is 7.89. The molecule has 1 aliphatic heterocycles. The first-order chi connectivity index (χ1) is 9.23. The highest BCUT2D eigenvalue weighted by atomic mass is 32.2. The van der Waals surface area contributed by atoms with Gasteiger partial charge in [0.05, 0.1) is 5.69 Å². The van der Waals surface area contributed by atoms with Crippen LogP contribution in [0.1, 0.15) is 6.42 Å². The second-order valence-corrected chi connectivity index (χ2v) is 6.98. The Hall–Kier alpha value is -1.25. The lowest BCUT2D eigenvalue weighted by atomic mass is 10.2. The van der Waals surface area contributed by atoms with Gasteiger partial charge in [-0.05, 0) is 26.6 Å². The van der Waals surface area contributed by atoms with E-state index in [0.717, 1.165) is 6.07 Å². The number of likely N-dealkylation sites (N-methyl/N-ethyl adjacent to an activating group) is 1. The molecule has 20 heavy (non-hydrogen) atoms. The van der Waals surface area contributed by atoms with E-state index in [4.69, 9.17) is 5.73 Å². The van der Waals surface area contributed by atoms with Gasteiger partial charge < -0.3 is 10.6 Å². The number of nitrogen functional groups attached to an aromatic ring is 1. The molecule has 5 nitrogen and oxygen atoms in total. The standard InChI is InChI=1S/C12H17F2N3O2S/c1-16(2)8-3-4-17(7-8)20(18,19)12-6-11(15)9(13)5-10(12)14/h5-6,8H,3-4,7,15H2,1-2H3. The zero-order valence-electron chi connectivity index (χ0n) is 11.3. The van der Waals surface area contributed by atoms with Gasteiger partial charge in [0.2, 0.25) is 10.0 Å². The van der Waals surface area contributed by atoms with Crippen molar-refractivity contribution in [2.45, 2.75) is 17.4 Å². The lowest BCUT2D eigenvalue weighted by Crippen LogP contribution is -2.34. The van der Waals surface area contributed by atoms with Gasteiger partial charge in [0, 0.05) is 25.2 Å². The molecule has 8 heteroatoms. The van der Waals surface area contributed by atoms with E-state index in [2.05, 4.69) is 0 Å². The van der Waals surface area contributed by atoms with Gasteiger partial charge in [-0.1, -0.05) is 0 Å². The van der Waals surface area contributed by atoms with E-state index in [9.17, 15) is 17.2 Å². The zero-order chi connectivity index (χ0) is 15.1. The van der Waals surface area contributed by atoms with Crippen LogP contribution in [0.15, 0.2) is 17.0 Å². The van der Waals surface area contributed by atoms with Crippen molar-refractivity contribution >= 4 is 15.7 Å². The molecule has 1 aromatic carbocycles. The minimum absolute atomic E-state index is 0.0885. The molecule has 0 spiro atoms. The second-order valence-electron chi connectivity index (χ2n) is 5.07. The molecule has 1 aliphatic rings. The molecule has 1 unspecified atom stereocenters. The molecule has 1 heterocycles. The lowest BCUT2D eigenvalue weighted by Gasteiger charge is -2.20. The fourth-order valence-electron chi connectivity index (χ4n) is 2.23. The maximum absolute atomic E-state index is 13.7. The van der Waals surface area contributed by atoms with E-state index < -0.39 is 26.6 Å². The van der Waals surface area contributed by atoms with Crippen molar-refractivity contribution in [1.29, 1.82) is 0 Å². The van der Waals surface area contributed by atoms with E-state index in [1.54, 1.807) is 0 Å². The number of sulfonamides is 1. The summed E-state index contributed by atoms with van der Waals surface area (Å²) in [5, 5.41) is 0. The SMILES string of the molecule is CN(C)C1CCN(S(=O)(=O)c2cc(N)c(F)cc2F)C1. The van der Waals surface area contributed by atoms with Crippen LogP contribution in [-0.2, 0) is 10.0 Å². The van der Waals surface area contributed by atoms with Crippen LogP contribution >= 0.6 is 0 Å². The molecule has 0 aromatic heterocycles. The Morgan fingerprint density at radius 3 is 2.50 bits per heavy atom. The first kappa shape index (κ1) is 15.1. The van der Waals surface area contributed by atoms with Crippen LogP contribution in [0.5, 0.6) is 0 Å². The van der Waals surface area contributed by atoms with Crippen molar-refractivity contribution < 1.29 is 17.2 Å². The third-order valence-corrected chi connectivity index (χ3v) is 5.41. The molecule has 1 fully saturated rings. The van der Waals surface area contributed by atoms with Gasteiger partial charge in [-0.3, -0.25) is 0 Å². The Morgan fingerprint density at radius 1 is 1.30 bits per heavy atom. The van der Waals surface area contributed by atoms with Crippen LogP contribution in [0.2, 0.25) is 0 Å². The quantitative estimate of drug-likeness (QED) is 0.842. The van der Waals surface area contributed by atoms with E-state index in [-0.39, 0.29) is 18.3 Å². The van der Waals surface area contributed by atoms with Crippen LogP contribution in [0.3, 0.4) is 0 Å². The highest BCUT2D eigenvalue weighted by Gasteiger charge is 2.35. The third-order valence-electron chi connectivity index (χ3n) is 3.53. The Bertz CT molecular complexity index is 619. The zero-order valence-corrected chi connectivity index (χ0v) is 12.1. The topological polar surface area (TPSA) is 66.6 Å². The summed E-state index contributed by atoms with van der Waals surface area (Å²) in [6.45, 7) is 0.591. The number of rotatable bonds is 3. The highest BCUT2D eigenvalue weighted by Crippen LogP contribution is 2.27. The molecule has 1 aromatic rings. The van der Waals surface area contributed by atoms with Crippen molar-refractivity contribution in [1.82, 2.24) is 9.21 Å². The second kappa shape index (κ2) is 5.27. The number of hydrogen-bond donors (Lipinski definition) is 1. The molecule has 0 aliphatic carbocycles. The van der Waals surface area contributed by atoms with E-state index in [1.165, 1.54) is 4.31 Å². The molecular formula is C12H17F2N3O2S. The van der Waals surface area contributed by atoms with E-state index >= 15 is 0 Å². The van der Waals surface area contributed by atoms with Gasteiger partial charge in [-0.25, -0.2) is 17.2 Å². The summed E-state index contributed by atoms with van der Waals surface area (Å²) in [5.74, 6) is -2.08. The van der Waals surface area contributed by atoms with Gasteiger partial charge in [-0.15, -0.1) is 0 Å². The first-order valence-corrected chi connectivity index (χ1v) is 7.58. The monoisotopic (exact) mass is 305 g/mol. The Morgan fingerprint density at radius 2 is 1.95 bits per heavy atom. The number of halogens is 2. The van der Waals surface area contributed by atoms with Crippen LogP contribution in [0.25, 0.3) is 0 Å². The van der Waals surface area contributed by atoms with E-state index in [1.807, 2.05) is 19.0 Å². The summed E-state index contributed by atoms with van der Waals surface area (Å²) in [5.41, 5.74) is 4.95. The van der Waals surface area contributed by atoms with Gasteiger partial charge in [0.15, 0.2) is 0 Å².